The molecule has 0 bridgehead atoms. The van der Waals surface area contributed by atoms with Gasteiger partial charge in [-0.15, -0.1) is 0 Å². The number of alkyl halides is 1. The van der Waals surface area contributed by atoms with E-state index in [2.05, 4.69) is 9.88 Å². The third-order valence-electron chi connectivity index (χ3n) is 5.92. The molecule has 2 heterocycles. The highest BCUT2D eigenvalue weighted by atomic mass is 32.2. The molecule has 0 N–H and O–H groups in total. The summed E-state index contributed by atoms with van der Waals surface area (Å²) in [5, 5.41) is 0. The predicted octanol–water partition coefficient (Wildman–Crippen LogP) is 4.70. The molecule has 1 atom stereocenters. The Morgan fingerprint density at radius 3 is 2.65 bits per heavy atom. The van der Waals surface area contributed by atoms with E-state index in [-0.39, 0.29) is 17.6 Å². The lowest BCUT2D eigenvalue weighted by Crippen LogP contribution is -2.32. The van der Waals surface area contributed by atoms with E-state index < -0.39 is 9.84 Å². The topological polar surface area (TPSA) is 63.4 Å². The molecule has 1 aromatic heterocycles. The molecule has 0 radical (unpaired) electrons. The Morgan fingerprint density at radius 2 is 1.94 bits per heavy atom. The Morgan fingerprint density at radius 1 is 1.16 bits per heavy atom. The molecule has 4 rings (SSSR count). The summed E-state index contributed by atoms with van der Waals surface area (Å²) in [6.45, 7) is 3.20. The van der Waals surface area contributed by atoms with Gasteiger partial charge in [-0.05, 0) is 44.0 Å². The second-order valence-corrected chi connectivity index (χ2v) is 10.1. The van der Waals surface area contributed by atoms with Gasteiger partial charge in [0, 0.05) is 36.4 Å². The standard InChI is InChI=1S/C24H27FN2O3S/c1-17-22(12-14-27-13-6-9-20(27)16-25)26-24(30-17)19-10-11-21(18-7-4-3-5-8-18)23(15-19)31(2,28)29/h3-5,7-8,10-11,15,20H,6,9,12-14,16H2,1-2H3. The number of nitrogens with zero attached hydrogens (tertiary/aromatic N) is 2. The number of hydrogen-bond acceptors (Lipinski definition) is 5. The zero-order valence-corrected chi connectivity index (χ0v) is 18.7. The summed E-state index contributed by atoms with van der Waals surface area (Å²) >= 11 is 0. The van der Waals surface area contributed by atoms with Crippen LogP contribution in [0.5, 0.6) is 0 Å². The molecule has 1 fully saturated rings. The molecule has 0 saturated carbocycles. The number of aryl methyl sites for hydroxylation is 1. The number of sulfone groups is 1. The van der Waals surface area contributed by atoms with Gasteiger partial charge in [0.2, 0.25) is 5.89 Å². The van der Waals surface area contributed by atoms with Crippen LogP contribution in [0.15, 0.2) is 57.8 Å². The van der Waals surface area contributed by atoms with Gasteiger partial charge in [-0.2, -0.15) is 0 Å². The van der Waals surface area contributed by atoms with Gasteiger partial charge in [-0.1, -0.05) is 36.4 Å². The molecule has 0 aliphatic carbocycles. The van der Waals surface area contributed by atoms with Gasteiger partial charge < -0.3 is 4.42 Å². The molecule has 1 unspecified atom stereocenters. The van der Waals surface area contributed by atoms with Crippen molar-refractivity contribution in [3.8, 4) is 22.6 Å². The largest absolute Gasteiger partial charge is 0.441 e. The zero-order valence-electron chi connectivity index (χ0n) is 17.8. The van der Waals surface area contributed by atoms with Gasteiger partial charge in [-0.3, -0.25) is 4.90 Å². The molecule has 31 heavy (non-hydrogen) atoms. The number of halogens is 1. The van der Waals surface area contributed by atoms with Crippen molar-refractivity contribution in [2.24, 2.45) is 0 Å². The molecule has 1 saturated heterocycles. The fourth-order valence-electron chi connectivity index (χ4n) is 4.22. The van der Waals surface area contributed by atoms with Gasteiger partial charge in [0.15, 0.2) is 9.84 Å². The van der Waals surface area contributed by atoms with Gasteiger partial charge in [0.1, 0.15) is 12.4 Å². The van der Waals surface area contributed by atoms with E-state index in [1.54, 1.807) is 12.1 Å². The van der Waals surface area contributed by atoms with Crippen LogP contribution in [0.25, 0.3) is 22.6 Å². The Kier molecular flexibility index (Phi) is 6.25. The smallest absolute Gasteiger partial charge is 0.226 e. The monoisotopic (exact) mass is 442 g/mol. The molecule has 3 aromatic rings. The Bertz CT molecular complexity index is 1160. The molecule has 7 heteroatoms. The summed E-state index contributed by atoms with van der Waals surface area (Å²) in [6, 6.07) is 14.7. The van der Waals surface area contributed by atoms with E-state index in [1.165, 1.54) is 6.26 Å². The Hall–Kier alpha value is -2.51. The van der Waals surface area contributed by atoms with Crippen LogP contribution in [-0.2, 0) is 16.3 Å². The van der Waals surface area contributed by atoms with Crippen LogP contribution in [0.1, 0.15) is 24.3 Å². The third kappa shape index (κ3) is 4.72. The maximum absolute atomic E-state index is 13.1. The molecule has 0 amide bonds. The Balaban J connectivity index is 1.62. The van der Waals surface area contributed by atoms with E-state index in [0.29, 0.717) is 29.2 Å². The maximum Gasteiger partial charge on any atom is 0.226 e. The van der Waals surface area contributed by atoms with Crippen molar-refractivity contribution in [2.45, 2.75) is 37.1 Å². The summed E-state index contributed by atoms with van der Waals surface area (Å²) in [6.07, 6.45) is 3.82. The molecular formula is C24H27FN2O3S. The van der Waals surface area contributed by atoms with Crippen LogP contribution in [0.2, 0.25) is 0 Å². The van der Waals surface area contributed by atoms with Gasteiger partial charge in [0.25, 0.3) is 0 Å². The second kappa shape index (κ2) is 8.93. The summed E-state index contributed by atoms with van der Waals surface area (Å²) in [5.41, 5.74) is 2.94. The van der Waals surface area contributed by atoms with Gasteiger partial charge in [0.05, 0.1) is 10.6 Å². The molecule has 2 aromatic carbocycles. The number of hydrogen-bond donors (Lipinski definition) is 0. The molecule has 5 nitrogen and oxygen atoms in total. The van der Waals surface area contributed by atoms with Crippen LogP contribution in [-0.4, -0.2) is 50.4 Å². The first-order chi connectivity index (χ1) is 14.9. The number of rotatable bonds is 7. The van der Waals surface area contributed by atoms with E-state index >= 15 is 0 Å². The normalized spacial score (nSPS) is 17.3. The summed E-state index contributed by atoms with van der Waals surface area (Å²) in [4.78, 5) is 7.05. The van der Waals surface area contributed by atoms with Crippen molar-refractivity contribution >= 4 is 9.84 Å². The quantitative estimate of drug-likeness (QED) is 0.531. The number of benzene rings is 2. The zero-order chi connectivity index (χ0) is 22.0. The molecule has 1 aliphatic rings. The highest BCUT2D eigenvalue weighted by Crippen LogP contribution is 2.32. The first-order valence-electron chi connectivity index (χ1n) is 10.5. The van der Waals surface area contributed by atoms with Crippen molar-refractivity contribution in [1.29, 1.82) is 0 Å². The number of aromatic nitrogens is 1. The van der Waals surface area contributed by atoms with E-state index in [1.807, 2.05) is 43.3 Å². The minimum absolute atomic E-state index is 0.00882. The van der Waals surface area contributed by atoms with Crippen molar-refractivity contribution in [2.75, 3.05) is 26.0 Å². The Labute approximate surface area is 182 Å². The van der Waals surface area contributed by atoms with Crippen molar-refractivity contribution < 1.29 is 17.2 Å². The lowest BCUT2D eigenvalue weighted by molar-refractivity contribution is 0.216. The van der Waals surface area contributed by atoms with Crippen molar-refractivity contribution in [3.63, 3.8) is 0 Å². The maximum atomic E-state index is 13.1. The van der Waals surface area contributed by atoms with Crippen molar-refractivity contribution in [1.82, 2.24) is 9.88 Å². The first kappa shape index (κ1) is 21.7. The van der Waals surface area contributed by atoms with E-state index in [9.17, 15) is 12.8 Å². The lowest BCUT2D eigenvalue weighted by Gasteiger charge is -2.21. The summed E-state index contributed by atoms with van der Waals surface area (Å²) in [5.74, 6) is 1.11. The molecule has 1 aliphatic heterocycles. The third-order valence-corrected chi connectivity index (χ3v) is 7.06. The van der Waals surface area contributed by atoms with Crippen LogP contribution in [0.4, 0.5) is 4.39 Å². The first-order valence-corrected chi connectivity index (χ1v) is 12.4. The average Bonchev–Trinajstić information content (AvgIpc) is 3.37. The molecule has 0 spiro atoms. The minimum Gasteiger partial charge on any atom is -0.441 e. The SMILES string of the molecule is Cc1oc(-c2ccc(-c3ccccc3)c(S(C)(=O)=O)c2)nc1CCN1CCCC1CF. The highest BCUT2D eigenvalue weighted by Gasteiger charge is 2.25. The molecule has 164 valence electrons. The van der Waals surface area contributed by atoms with Crippen LogP contribution in [0.3, 0.4) is 0 Å². The highest BCUT2D eigenvalue weighted by molar-refractivity contribution is 7.90. The van der Waals surface area contributed by atoms with Crippen molar-refractivity contribution in [3.05, 3.63) is 60.0 Å². The van der Waals surface area contributed by atoms with Crippen LogP contribution >= 0.6 is 0 Å². The summed E-state index contributed by atoms with van der Waals surface area (Å²) < 4.78 is 44.0. The molecular weight excluding hydrogens is 415 g/mol. The predicted molar refractivity (Wildman–Crippen MR) is 119 cm³/mol. The fourth-order valence-corrected chi connectivity index (χ4v) is 5.14. The van der Waals surface area contributed by atoms with E-state index in [0.717, 1.165) is 37.2 Å². The van der Waals surface area contributed by atoms with Crippen LogP contribution in [0, 0.1) is 6.92 Å². The average molecular weight is 443 g/mol. The lowest BCUT2D eigenvalue weighted by atomic mass is 10.0. The van der Waals surface area contributed by atoms with Crippen LogP contribution < -0.4 is 0 Å². The number of likely N-dealkylation sites (tertiary alicyclic amines) is 1. The number of oxazole rings is 1. The fraction of sp³-hybridized carbons (Fsp3) is 0.375. The minimum atomic E-state index is -3.46. The van der Waals surface area contributed by atoms with Gasteiger partial charge >= 0.3 is 0 Å². The summed E-state index contributed by atoms with van der Waals surface area (Å²) in [7, 11) is -3.46. The van der Waals surface area contributed by atoms with Gasteiger partial charge in [-0.25, -0.2) is 17.8 Å². The van der Waals surface area contributed by atoms with E-state index in [4.69, 9.17) is 4.42 Å². The second-order valence-electron chi connectivity index (χ2n) is 8.11.